The second kappa shape index (κ2) is 10.7. The third-order valence-corrected chi connectivity index (χ3v) is 8.41. The van der Waals surface area contributed by atoms with E-state index < -0.39 is 112 Å². The molecule has 0 spiro atoms. The first-order valence-corrected chi connectivity index (χ1v) is 12.3. The molecule has 4 bridgehead atoms. The van der Waals surface area contributed by atoms with Gasteiger partial charge in [0.05, 0.1) is 0 Å². The molecule has 4 aliphatic rings. The Morgan fingerprint density at radius 1 is 0.268 bits per heavy atom. The summed E-state index contributed by atoms with van der Waals surface area (Å²) in [5.74, 6) is -84.7. The van der Waals surface area contributed by atoms with Gasteiger partial charge in [-0.2, -0.15) is 132 Å². The van der Waals surface area contributed by atoms with E-state index in [1.807, 2.05) is 0 Å². The van der Waals surface area contributed by atoms with E-state index in [0.717, 1.165) is 0 Å². The van der Waals surface area contributed by atoms with Gasteiger partial charge in [0.25, 0.3) is 16.8 Å². The third kappa shape index (κ3) is 4.19. The van der Waals surface area contributed by atoms with Crippen LogP contribution in [0.1, 0.15) is 0 Å². The molecule has 0 amide bonds. The van der Waals surface area contributed by atoms with Gasteiger partial charge in [-0.05, 0) is 0 Å². The number of ether oxygens (including phenoxy) is 3. The van der Waals surface area contributed by atoms with Crippen molar-refractivity contribution in [2.45, 2.75) is 112 Å². The molecule has 0 aromatic heterocycles. The van der Waals surface area contributed by atoms with Crippen LogP contribution >= 0.6 is 0 Å². The maximum Gasteiger partial charge on any atom is 0.457 e. The summed E-state index contributed by atoms with van der Waals surface area (Å²) in [6, 6.07) is 0. The predicted molar refractivity (Wildman–Crippen MR) is 96.1 cm³/mol. The Balaban J connectivity index is 2.91. The highest BCUT2D eigenvalue weighted by molar-refractivity contribution is 5.55. The van der Waals surface area contributed by atoms with Gasteiger partial charge in [-0.3, -0.25) is 14.2 Å². The van der Waals surface area contributed by atoms with Crippen LogP contribution < -0.4 is 0 Å². The lowest BCUT2D eigenvalue weighted by atomic mass is 9.38. The Labute approximate surface area is 279 Å². The summed E-state index contributed by atoms with van der Waals surface area (Å²) in [6.07, 6.45) is -52.3. The second-order valence-electron chi connectivity index (χ2n) is 11.4. The minimum atomic E-state index is -9.99. The summed E-state index contributed by atoms with van der Waals surface area (Å²) in [7, 11) is 0. The predicted octanol–water partition coefficient (Wildman–Crippen LogP) is 7.25. The van der Waals surface area contributed by atoms with Crippen molar-refractivity contribution in [3.63, 3.8) is 0 Å². The summed E-state index contributed by atoms with van der Waals surface area (Å²) in [4.78, 5) is 0. The number of alkyl halides is 31. The third-order valence-electron chi connectivity index (χ3n) is 8.41. The smallest absolute Gasteiger partial charge is 0.348 e. The van der Waals surface area contributed by atoms with Crippen molar-refractivity contribution < 1.29 is 166 Å². The molecule has 4 saturated carbocycles. The molecule has 332 valence electrons. The SMILES string of the molecule is OC(F)(C(F)(F)F)C(F)(F)OC12C(F)(F)C3(F)C(F)(F)C(OC(F)(F)C(O)(F)C(F)(F)F)(C1(F)F)C(F)(F)C(OC(F)(F)C(O)(F)C(F)(F)F)(C3(F)F)C2(F)F. The Morgan fingerprint density at radius 3 is 0.536 bits per heavy atom. The molecule has 56 heavy (non-hydrogen) atoms. The van der Waals surface area contributed by atoms with Crippen LogP contribution in [-0.2, 0) is 14.2 Å². The average Bonchev–Trinajstić information content (AvgIpc) is 2.91. The number of rotatable bonds is 9. The minimum Gasteiger partial charge on any atom is -0.348 e. The number of aliphatic hydroxyl groups is 3. The van der Waals surface area contributed by atoms with Gasteiger partial charge in [0.15, 0.2) is 0 Å². The zero-order chi connectivity index (χ0) is 45.6. The van der Waals surface area contributed by atoms with Crippen molar-refractivity contribution in [1.82, 2.24) is 0 Å². The summed E-state index contributed by atoms with van der Waals surface area (Å²) >= 11 is 0. The molecule has 4 aliphatic carbocycles. The van der Waals surface area contributed by atoms with Crippen molar-refractivity contribution in [3.8, 4) is 0 Å². The van der Waals surface area contributed by atoms with Crippen LogP contribution in [0, 0.1) is 0 Å². The van der Waals surface area contributed by atoms with Crippen LogP contribution in [0.5, 0.6) is 0 Å². The molecule has 0 aromatic rings. The topological polar surface area (TPSA) is 88.4 Å². The van der Waals surface area contributed by atoms with Crippen LogP contribution in [0.2, 0.25) is 0 Å². The van der Waals surface area contributed by atoms with Gasteiger partial charge >= 0.3 is 95.6 Å². The van der Waals surface area contributed by atoms with Crippen molar-refractivity contribution in [3.05, 3.63) is 0 Å². The van der Waals surface area contributed by atoms with Crippen LogP contribution in [0.25, 0.3) is 0 Å². The van der Waals surface area contributed by atoms with Crippen LogP contribution in [0.4, 0.5) is 136 Å². The molecule has 0 aromatic carbocycles. The van der Waals surface area contributed by atoms with E-state index in [2.05, 4.69) is 0 Å². The fourth-order valence-electron chi connectivity index (χ4n) is 5.69. The van der Waals surface area contributed by atoms with Crippen molar-refractivity contribution in [2.75, 3.05) is 0 Å². The molecule has 4 fully saturated rings. The first kappa shape index (κ1) is 48.0. The zero-order valence-electron chi connectivity index (χ0n) is 23.8. The second-order valence-corrected chi connectivity index (χ2v) is 11.4. The normalized spacial score (nSPS) is 36.8. The van der Waals surface area contributed by atoms with Crippen molar-refractivity contribution in [1.29, 1.82) is 0 Å². The standard InChI is InChI=1S/C19H3F31O6/c20-1-5(21,22)2(54-17(45,46)11(33,51)14(36,37)38)8(27,28)3(6(1,23)24,55-18(47,48)12(34,52)15(39,40)41)10(31,32)4(7(1,25)26,9(2,29)30)56-19(49,50)13(35,53)16(42,43)44/h51-53H. The monoisotopic (exact) mass is 916 g/mol. The molecule has 3 atom stereocenters. The fourth-order valence-corrected chi connectivity index (χ4v) is 5.69. The highest BCUT2D eigenvalue weighted by Gasteiger charge is 3.24. The molecule has 4 rings (SSSR count). The van der Waals surface area contributed by atoms with Gasteiger partial charge < -0.3 is 15.3 Å². The zero-order valence-corrected chi connectivity index (χ0v) is 23.8. The summed E-state index contributed by atoms with van der Waals surface area (Å²) in [6.45, 7) is 0. The largest absolute Gasteiger partial charge is 0.457 e. The quantitative estimate of drug-likeness (QED) is 0.212. The molecule has 6 nitrogen and oxygen atoms in total. The lowest BCUT2D eigenvalue weighted by Crippen LogP contribution is -3.12. The van der Waals surface area contributed by atoms with Crippen LogP contribution in [0.15, 0.2) is 0 Å². The Kier molecular flexibility index (Phi) is 9.13. The minimum absolute atomic E-state index is 1.23. The fraction of sp³-hybridized carbons (Fsp3) is 1.00. The number of halogens is 31. The lowest BCUT2D eigenvalue weighted by molar-refractivity contribution is -0.678. The van der Waals surface area contributed by atoms with Gasteiger partial charge in [-0.15, -0.1) is 0 Å². The average molecular weight is 916 g/mol. The molecule has 37 heteroatoms. The van der Waals surface area contributed by atoms with E-state index in [0.29, 0.717) is 0 Å². The van der Waals surface area contributed by atoms with Crippen LogP contribution in [-0.4, -0.2) is 128 Å². The van der Waals surface area contributed by atoms with Crippen molar-refractivity contribution >= 4 is 0 Å². The number of hydrogen-bond donors (Lipinski definition) is 3. The highest BCUT2D eigenvalue weighted by Crippen LogP contribution is 2.90. The summed E-state index contributed by atoms with van der Waals surface area (Å²) in [5, 5.41) is 25.2. The first-order chi connectivity index (χ1) is 23.6. The Hall–Kier alpha value is -2.41. The van der Waals surface area contributed by atoms with Crippen LogP contribution in [0.3, 0.4) is 0 Å². The van der Waals surface area contributed by atoms with Gasteiger partial charge in [0, 0.05) is 0 Å². The van der Waals surface area contributed by atoms with E-state index in [-0.39, 0.29) is 0 Å². The van der Waals surface area contributed by atoms with E-state index in [9.17, 15) is 79.0 Å². The molecule has 0 saturated heterocycles. The summed E-state index contributed by atoms with van der Waals surface area (Å²) in [5.41, 5.74) is -39.3. The highest BCUT2D eigenvalue weighted by atomic mass is 19.4. The molecule has 3 N–H and O–H groups in total. The van der Waals surface area contributed by atoms with Gasteiger partial charge in [-0.25, -0.2) is 4.39 Å². The first-order valence-electron chi connectivity index (χ1n) is 12.3. The number of hydrogen-bond acceptors (Lipinski definition) is 6. The molecular weight excluding hydrogens is 913 g/mol. The summed E-state index contributed by atoms with van der Waals surface area (Å²) < 4.78 is 451. The van der Waals surface area contributed by atoms with E-state index in [1.54, 1.807) is 0 Å². The molecule has 3 unspecified atom stereocenters. The van der Waals surface area contributed by atoms with Gasteiger partial charge in [-0.1, -0.05) is 0 Å². The Morgan fingerprint density at radius 2 is 0.411 bits per heavy atom. The Bertz CT molecular complexity index is 1400. The maximum absolute atomic E-state index is 15.9. The van der Waals surface area contributed by atoms with E-state index >= 15 is 57.1 Å². The van der Waals surface area contributed by atoms with E-state index in [4.69, 9.17) is 15.3 Å². The lowest BCUT2D eigenvalue weighted by Gasteiger charge is -2.77. The van der Waals surface area contributed by atoms with Gasteiger partial charge in [0.2, 0.25) is 0 Å². The molecular formula is C19H3F31O6. The van der Waals surface area contributed by atoms with Crippen molar-refractivity contribution in [2.24, 2.45) is 0 Å². The molecule has 0 heterocycles. The molecule has 0 radical (unpaired) electrons. The van der Waals surface area contributed by atoms with Gasteiger partial charge in [0.1, 0.15) is 0 Å². The molecule has 0 aliphatic heterocycles. The maximum atomic E-state index is 15.9. The van der Waals surface area contributed by atoms with E-state index in [1.165, 1.54) is 14.2 Å².